The number of benzene rings is 1. The molecule has 1 fully saturated rings. The molecule has 7 nitrogen and oxygen atoms in total. The van der Waals surface area contributed by atoms with E-state index >= 15 is 0 Å². The van der Waals surface area contributed by atoms with Crippen molar-refractivity contribution in [3.8, 4) is 11.5 Å². The molecule has 1 aliphatic rings. The van der Waals surface area contributed by atoms with Crippen LogP contribution < -0.4 is 19.7 Å². The van der Waals surface area contributed by atoms with Gasteiger partial charge in [-0.3, -0.25) is 9.59 Å². The van der Waals surface area contributed by atoms with E-state index in [1.165, 1.54) is 7.11 Å². The van der Waals surface area contributed by atoms with E-state index in [4.69, 9.17) is 9.47 Å². The summed E-state index contributed by atoms with van der Waals surface area (Å²) in [6, 6.07) is 4.93. The fraction of sp³-hybridized carbons (Fsp3) is 0.556. The molecule has 0 aliphatic carbocycles. The third-order valence-electron chi connectivity index (χ3n) is 4.41. The number of aliphatic hydroxyl groups excluding tert-OH is 1. The molecule has 26 heavy (non-hydrogen) atoms. The highest BCUT2D eigenvalue weighted by molar-refractivity contribution is 7.98. The predicted molar refractivity (Wildman–Crippen MR) is 102 cm³/mol. The van der Waals surface area contributed by atoms with Gasteiger partial charge in [-0.1, -0.05) is 0 Å². The molecule has 2 rings (SSSR count). The van der Waals surface area contributed by atoms with Crippen LogP contribution >= 0.6 is 11.8 Å². The van der Waals surface area contributed by atoms with Crippen molar-refractivity contribution in [3.05, 3.63) is 18.2 Å². The number of thioether (sulfide) groups is 1. The number of hydrogen-bond donors (Lipinski definition) is 2. The van der Waals surface area contributed by atoms with Crippen LogP contribution in [0.3, 0.4) is 0 Å². The predicted octanol–water partition coefficient (Wildman–Crippen LogP) is 1.29. The maximum Gasteiger partial charge on any atom is 0.227 e. The number of hydrogen-bond acceptors (Lipinski definition) is 6. The minimum absolute atomic E-state index is 0.108. The first-order chi connectivity index (χ1) is 12.5. The molecule has 0 radical (unpaired) electrons. The number of nitrogens with one attached hydrogen (secondary N) is 1. The Kier molecular flexibility index (Phi) is 7.59. The van der Waals surface area contributed by atoms with Crippen LogP contribution in [0.1, 0.15) is 12.8 Å². The van der Waals surface area contributed by atoms with Crippen molar-refractivity contribution in [2.24, 2.45) is 5.92 Å². The van der Waals surface area contributed by atoms with Gasteiger partial charge in [0.15, 0.2) is 0 Å². The van der Waals surface area contributed by atoms with E-state index in [-0.39, 0.29) is 37.4 Å². The number of ether oxygens (including phenoxy) is 2. The second-order valence-corrected chi connectivity index (χ2v) is 7.10. The molecule has 0 spiro atoms. The zero-order valence-electron chi connectivity index (χ0n) is 15.4. The van der Waals surface area contributed by atoms with Gasteiger partial charge in [0.1, 0.15) is 11.5 Å². The van der Waals surface area contributed by atoms with E-state index < -0.39 is 5.92 Å². The average Bonchev–Trinajstić information content (AvgIpc) is 3.05. The van der Waals surface area contributed by atoms with Crippen LogP contribution in [0.2, 0.25) is 0 Å². The molecule has 2 amide bonds. The molecular formula is C18H26N2O5S. The van der Waals surface area contributed by atoms with E-state index in [9.17, 15) is 14.7 Å². The Labute approximate surface area is 158 Å². The highest BCUT2D eigenvalue weighted by Gasteiger charge is 2.36. The van der Waals surface area contributed by atoms with Crippen molar-refractivity contribution < 1.29 is 24.2 Å². The standard InChI is InChI=1S/C18H26N2O5S/c1-24-14-4-5-15(16(9-14)25-2)20-10-12(8-17(20)22)18(23)19-13(11-21)6-7-26-3/h4-5,9,12-13,21H,6-8,10-11H2,1-3H3,(H,19,23)/t12-,13+/m0/s1. The first-order valence-corrected chi connectivity index (χ1v) is 9.86. The van der Waals surface area contributed by atoms with Crippen molar-refractivity contribution in [3.63, 3.8) is 0 Å². The number of carbonyl (C=O) groups is 2. The SMILES string of the molecule is COc1ccc(N2C[C@@H](C(=O)N[C@@H](CO)CCSC)CC2=O)c(OC)c1. The molecule has 1 saturated heterocycles. The fourth-order valence-corrected chi connectivity index (χ4v) is 3.43. The number of carbonyl (C=O) groups excluding carboxylic acids is 2. The first-order valence-electron chi connectivity index (χ1n) is 8.46. The Hall–Kier alpha value is -1.93. The van der Waals surface area contributed by atoms with Crippen molar-refractivity contribution in [1.82, 2.24) is 5.32 Å². The van der Waals surface area contributed by atoms with Gasteiger partial charge < -0.3 is 24.8 Å². The van der Waals surface area contributed by atoms with E-state index in [2.05, 4.69) is 5.32 Å². The highest BCUT2D eigenvalue weighted by atomic mass is 32.2. The van der Waals surface area contributed by atoms with Gasteiger partial charge in [0, 0.05) is 19.0 Å². The van der Waals surface area contributed by atoms with Crippen LogP contribution in [0, 0.1) is 5.92 Å². The molecular weight excluding hydrogens is 356 g/mol. The monoisotopic (exact) mass is 382 g/mol. The van der Waals surface area contributed by atoms with E-state index in [1.54, 1.807) is 42.0 Å². The molecule has 0 unspecified atom stereocenters. The lowest BCUT2D eigenvalue weighted by Gasteiger charge is -2.21. The van der Waals surface area contributed by atoms with Gasteiger partial charge in [0.25, 0.3) is 0 Å². The van der Waals surface area contributed by atoms with Crippen LogP contribution in [-0.2, 0) is 9.59 Å². The summed E-state index contributed by atoms with van der Waals surface area (Å²) in [5.74, 6) is 1.23. The summed E-state index contributed by atoms with van der Waals surface area (Å²) in [4.78, 5) is 26.5. The van der Waals surface area contributed by atoms with E-state index in [0.717, 1.165) is 5.75 Å². The lowest BCUT2D eigenvalue weighted by molar-refractivity contribution is -0.127. The Bertz CT molecular complexity index is 640. The zero-order valence-corrected chi connectivity index (χ0v) is 16.2. The summed E-state index contributed by atoms with van der Waals surface area (Å²) in [5, 5.41) is 12.3. The molecule has 1 aromatic carbocycles. The number of aliphatic hydroxyl groups is 1. The Morgan fingerprint density at radius 3 is 2.81 bits per heavy atom. The van der Waals surface area contributed by atoms with Crippen LogP contribution in [0.5, 0.6) is 11.5 Å². The molecule has 0 bridgehead atoms. The van der Waals surface area contributed by atoms with Gasteiger partial charge in [-0.2, -0.15) is 11.8 Å². The largest absolute Gasteiger partial charge is 0.497 e. The lowest BCUT2D eigenvalue weighted by Crippen LogP contribution is -2.42. The molecule has 0 saturated carbocycles. The van der Waals surface area contributed by atoms with E-state index in [0.29, 0.717) is 23.6 Å². The van der Waals surface area contributed by atoms with E-state index in [1.807, 2.05) is 6.26 Å². The maximum atomic E-state index is 12.5. The second-order valence-electron chi connectivity index (χ2n) is 6.11. The van der Waals surface area contributed by atoms with Gasteiger partial charge in [0.2, 0.25) is 11.8 Å². The van der Waals surface area contributed by atoms with Crippen molar-refractivity contribution >= 4 is 29.3 Å². The minimum Gasteiger partial charge on any atom is -0.497 e. The third kappa shape index (κ3) is 4.82. The summed E-state index contributed by atoms with van der Waals surface area (Å²) >= 11 is 1.66. The van der Waals surface area contributed by atoms with Crippen LogP contribution in [0.15, 0.2) is 18.2 Å². The summed E-state index contributed by atoms with van der Waals surface area (Å²) < 4.78 is 10.5. The first kappa shape index (κ1) is 20.4. The molecule has 2 N–H and O–H groups in total. The fourth-order valence-electron chi connectivity index (χ4n) is 2.91. The molecule has 144 valence electrons. The van der Waals surface area contributed by atoms with Crippen molar-refractivity contribution in [2.45, 2.75) is 18.9 Å². The van der Waals surface area contributed by atoms with Crippen molar-refractivity contribution in [2.75, 3.05) is 44.3 Å². The van der Waals surface area contributed by atoms with Gasteiger partial charge in [0.05, 0.1) is 38.5 Å². The smallest absolute Gasteiger partial charge is 0.227 e. The normalized spacial score (nSPS) is 17.9. The third-order valence-corrected chi connectivity index (χ3v) is 5.05. The zero-order chi connectivity index (χ0) is 19.1. The summed E-state index contributed by atoms with van der Waals surface area (Å²) in [5.41, 5.74) is 0.620. The highest BCUT2D eigenvalue weighted by Crippen LogP contribution is 2.35. The number of rotatable bonds is 9. The Morgan fingerprint density at radius 2 is 2.19 bits per heavy atom. The molecule has 2 atom stereocenters. The average molecular weight is 382 g/mol. The summed E-state index contributed by atoms with van der Waals surface area (Å²) in [6.07, 6.45) is 2.81. The number of anilines is 1. The van der Waals surface area contributed by atoms with Crippen LogP contribution in [0.4, 0.5) is 5.69 Å². The topological polar surface area (TPSA) is 88.1 Å². The molecule has 1 aromatic rings. The van der Waals surface area contributed by atoms with Gasteiger partial charge in [-0.25, -0.2) is 0 Å². The summed E-state index contributed by atoms with van der Waals surface area (Å²) in [7, 11) is 3.09. The minimum atomic E-state index is -0.447. The van der Waals surface area contributed by atoms with Gasteiger partial charge in [-0.15, -0.1) is 0 Å². The van der Waals surface area contributed by atoms with Crippen molar-refractivity contribution in [1.29, 1.82) is 0 Å². The van der Waals surface area contributed by atoms with Gasteiger partial charge in [-0.05, 0) is 30.6 Å². The lowest BCUT2D eigenvalue weighted by atomic mass is 10.1. The number of nitrogens with zero attached hydrogens (tertiary/aromatic N) is 1. The Balaban J connectivity index is 2.07. The molecule has 0 aromatic heterocycles. The maximum absolute atomic E-state index is 12.5. The van der Waals surface area contributed by atoms with Crippen LogP contribution in [-0.4, -0.2) is 62.3 Å². The quantitative estimate of drug-likeness (QED) is 0.669. The molecule has 8 heteroatoms. The van der Waals surface area contributed by atoms with Gasteiger partial charge >= 0.3 is 0 Å². The number of methoxy groups -OCH3 is 2. The Morgan fingerprint density at radius 1 is 1.42 bits per heavy atom. The molecule has 1 aliphatic heterocycles. The number of amides is 2. The molecule has 1 heterocycles. The second kappa shape index (κ2) is 9.68. The summed E-state index contributed by atoms with van der Waals surface area (Å²) in [6.45, 7) is 0.178. The van der Waals surface area contributed by atoms with Crippen LogP contribution in [0.25, 0.3) is 0 Å².